The van der Waals surface area contributed by atoms with E-state index in [9.17, 15) is 14.9 Å². The fourth-order valence-corrected chi connectivity index (χ4v) is 5.41. The van der Waals surface area contributed by atoms with Crippen LogP contribution in [0, 0.1) is 24.0 Å². The van der Waals surface area contributed by atoms with E-state index in [-0.39, 0.29) is 11.6 Å². The molecule has 2 aromatic heterocycles. The van der Waals surface area contributed by atoms with Crippen LogP contribution in [0.5, 0.6) is 0 Å². The Morgan fingerprint density at radius 1 is 1.15 bits per heavy atom. The maximum Gasteiger partial charge on any atom is 0.312 e. The van der Waals surface area contributed by atoms with E-state index in [1.54, 1.807) is 18.5 Å². The molecule has 0 aliphatic carbocycles. The van der Waals surface area contributed by atoms with Crippen molar-refractivity contribution in [1.29, 1.82) is 0 Å². The number of hydrogen-bond acceptors (Lipinski definition) is 6. The molecular formula is C22H23Cl2N5O3S. The number of carbonyl (C=O) groups excluding carboxylic acids is 1. The van der Waals surface area contributed by atoms with Crippen molar-refractivity contribution in [1.82, 2.24) is 19.6 Å². The molecule has 0 atom stereocenters. The first-order valence-electron chi connectivity index (χ1n) is 10.4. The first-order chi connectivity index (χ1) is 15.7. The Bertz CT molecular complexity index is 1180. The lowest BCUT2D eigenvalue weighted by Crippen LogP contribution is -2.48. The third-order valence-electron chi connectivity index (χ3n) is 5.83. The molecule has 3 aromatic rings. The summed E-state index contributed by atoms with van der Waals surface area (Å²) in [6.07, 6.45) is 0. The predicted molar refractivity (Wildman–Crippen MR) is 129 cm³/mol. The number of thiophene rings is 1. The van der Waals surface area contributed by atoms with Crippen LogP contribution in [0.4, 0.5) is 5.69 Å². The van der Waals surface area contributed by atoms with Gasteiger partial charge in [0.05, 0.1) is 16.3 Å². The van der Waals surface area contributed by atoms with Crippen LogP contribution in [-0.2, 0) is 13.1 Å². The molecule has 174 valence electrons. The van der Waals surface area contributed by atoms with Crippen molar-refractivity contribution in [3.63, 3.8) is 0 Å². The van der Waals surface area contributed by atoms with Crippen molar-refractivity contribution in [2.75, 3.05) is 26.2 Å². The molecule has 8 nitrogen and oxygen atoms in total. The van der Waals surface area contributed by atoms with E-state index in [2.05, 4.69) is 10.00 Å². The molecule has 0 unspecified atom stereocenters. The molecule has 0 saturated carbocycles. The molecule has 0 N–H and O–H groups in total. The highest BCUT2D eigenvalue weighted by Crippen LogP contribution is 2.27. The van der Waals surface area contributed by atoms with Crippen molar-refractivity contribution < 1.29 is 9.72 Å². The normalized spacial score (nSPS) is 14.6. The average Bonchev–Trinajstić information content (AvgIpc) is 3.35. The molecule has 3 heterocycles. The van der Waals surface area contributed by atoms with E-state index in [1.807, 2.05) is 34.5 Å². The number of carbonyl (C=O) groups is 1. The maximum absolute atomic E-state index is 13.0. The van der Waals surface area contributed by atoms with Crippen LogP contribution >= 0.6 is 34.5 Å². The lowest BCUT2D eigenvalue weighted by Gasteiger charge is -2.34. The van der Waals surface area contributed by atoms with Crippen LogP contribution < -0.4 is 0 Å². The van der Waals surface area contributed by atoms with Gasteiger partial charge in [-0.15, -0.1) is 11.3 Å². The van der Waals surface area contributed by atoms with Gasteiger partial charge in [-0.1, -0.05) is 29.3 Å². The number of hydrogen-bond donors (Lipinski definition) is 0. The molecule has 11 heteroatoms. The van der Waals surface area contributed by atoms with Crippen LogP contribution in [0.15, 0.2) is 29.6 Å². The predicted octanol–water partition coefficient (Wildman–Crippen LogP) is 4.78. The SMILES string of the molecule is Cc1nn(Cc2csc(C(=O)N3CCN(Cc4c(Cl)cccc4Cl)CC3)c2)c(C)c1[N+](=O)[O-]. The molecule has 1 aromatic carbocycles. The Balaban J connectivity index is 1.37. The van der Waals surface area contributed by atoms with Crippen LogP contribution in [0.25, 0.3) is 0 Å². The van der Waals surface area contributed by atoms with Gasteiger partial charge in [-0.05, 0) is 43.0 Å². The zero-order valence-corrected chi connectivity index (χ0v) is 20.6. The second kappa shape index (κ2) is 9.80. The number of aromatic nitrogens is 2. The quantitative estimate of drug-likeness (QED) is 0.353. The molecule has 1 fully saturated rings. The highest BCUT2D eigenvalue weighted by molar-refractivity contribution is 7.12. The minimum atomic E-state index is -0.407. The summed E-state index contributed by atoms with van der Waals surface area (Å²) >= 11 is 14.0. The topological polar surface area (TPSA) is 84.5 Å². The minimum absolute atomic E-state index is 0.000948. The van der Waals surface area contributed by atoms with E-state index in [0.29, 0.717) is 52.5 Å². The lowest BCUT2D eigenvalue weighted by molar-refractivity contribution is -0.386. The van der Waals surface area contributed by atoms with Crippen molar-refractivity contribution in [3.8, 4) is 0 Å². The summed E-state index contributed by atoms with van der Waals surface area (Å²) in [7, 11) is 0. The van der Waals surface area contributed by atoms with E-state index >= 15 is 0 Å². The molecule has 4 rings (SSSR count). The molecule has 0 bridgehead atoms. The molecule has 0 spiro atoms. The number of amides is 1. The van der Waals surface area contributed by atoms with Gasteiger partial charge in [-0.2, -0.15) is 5.10 Å². The highest BCUT2D eigenvalue weighted by atomic mass is 35.5. The molecule has 1 amide bonds. The minimum Gasteiger partial charge on any atom is -0.335 e. The summed E-state index contributed by atoms with van der Waals surface area (Å²) in [4.78, 5) is 28.6. The Morgan fingerprint density at radius 3 is 2.42 bits per heavy atom. The van der Waals surface area contributed by atoms with Gasteiger partial charge in [0.25, 0.3) is 5.91 Å². The van der Waals surface area contributed by atoms with Crippen LogP contribution in [0.1, 0.15) is 32.2 Å². The molecule has 1 aliphatic rings. The Morgan fingerprint density at radius 2 is 1.82 bits per heavy atom. The number of nitrogens with zero attached hydrogens (tertiary/aromatic N) is 5. The smallest absolute Gasteiger partial charge is 0.312 e. The molecule has 1 aliphatic heterocycles. The Hall–Kier alpha value is -2.46. The summed E-state index contributed by atoms with van der Waals surface area (Å²) in [5, 5.41) is 18.7. The van der Waals surface area contributed by atoms with Crippen molar-refractivity contribution in [2.45, 2.75) is 26.9 Å². The summed E-state index contributed by atoms with van der Waals surface area (Å²) in [6, 6.07) is 7.35. The van der Waals surface area contributed by atoms with Gasteiger partial charge >= 0.3 is 5.69 Å². The van der Waals surface area contributed by atoms with E-state index in [1.165, 1.54) is 11.3 Å². The van der Waals surface area contributed by atoms with Gasteiger partial charge in [0, 0.05) is 48.3 Å². The lowest BCUT2D eigenvalue weighted by atomic mass is 10.2. The second-order valence-corrected chi connectivity index (χ2v) is 9.75. The van der Waals surface area contributed by atoms with Crippen LogP contribution in [0.3, 0.4) is 0 Å². The van der Waals surface area contributed by atoms with E-state index < -0.39 is 4.92 Å². The standard InChI is InChI=1S/C22H23Cl2N5O3S/c1-14-21(29(31)32)15(2)28(25-14)11-16-10-20(33-13-16)22(30)27-8-6-26(7-9-27)12-17-18(23)4-3-5-19(17)24/h3-5,10,13H,6-9,11-12H2,1-2H3. The number of halogens is 2. The number of aryl methyl sites for hydroxylation is 1. The van der Waals surface area contributed by atoms with Crippen molar-refractivity contribution in [2.24, 2.45) is 0 Å². The van der Waals surface area contributed by atoms with E-state index in [4.69, 9.17) is 23.2 Å². The third-order valence-corrected chi connectivity index (χ3v) is 7.50. The van der Waals surface area contributed by atoms with Gasteiger partial charge < -0.3 is 4.90 Å². The number of piperazine rings is 1. The Kier molecular flexibility index (Phi) is 7.04. The second-order valence-electron chi connectivity index (χ2n) is 8.02. The van der Waals surface area contributed by atoms with Crippen LogP contribution in [0.2, 0.25) is 10.0 Å². The molecule has 33 heavy (non-hydrogen) atoms. The highest BCUT2D eigenvalue weighted by Gasteiger charge is 2.25. The van der Waals surface area contributed by atoms with Gasteiger partial charge in [0.2, 0.25) is 0 Å². The molecule has 1 saturated heterocycles. The average molecular weight is 508 g/mol. The maximum atomic E-state index is 13.0. The fraction of sp³-hybridized carbons (Fsp3) is 0.364. The summed E-state index contributed by atoms with van der Waals surface area (Å²) in [5.41, 5.74) is 2.74. The molecule has 0 radical (unpaired) electrons. The number of benzene rings is 1. The fourth-order valence-electron chi connectivity index (χ4n) is 4.02. The summed E-state index contributed by atoms with van der Waals surface area (Å²) in [5.74, 6) is 0.000948. The first kappa shape index (κ1) is 23.7. The first-order valence-corrected chi connectivity index (χ1v) is 12.1. The monoisotopic (exact) mass is 507 g/mol. The van der Waals surface area contributed by atoms with Crippen LogP contribution in [-0.4, -0.2) is 56.6 Å². The zero-order valence-electron chi connectivity index (χ0n) is 18.3. The summed E-state index contributed by atoms with van der Waals surface area (Å²) in [6.45, 7) is 7.07. The third kappa shape index (κ3) is 5.06. The molecular weight excluding hydrogens is 485 g/mol. The van der Waals surface area contributed by atoms with Gasteiger partial charge in [0.15, 0.2) is 0 Å². The van der Waals surface area contributed by atoms with Crippen molar-refractivity contribution >= 4 is 46.1 Å². The van der Waals surface area contributed by atoms with Crippen molar-refractivity contribution in [3.05, 3.63) is 77.2 Å². The number of nitro groups is 1. The number of rotatable bonds is 6. The van der Waals surface area contributed by atoms with Gasteiger partial charge in [0.1, 0.15) is 11.4 Å². The largest absolute Gasteiger partial charge is 0.335 e. The zero-order chi connectivity index (χ0) is 23.7. The summed E-state index contributed by atoms with van der Waals surface area (Å²) < 4.78 is 1.61. The van der Waals surface area contributed by atoms with E-state index in [0.717, 1.165) is 24.2 Å². The van der Waals surface area contributed by atoms with Gasteiger partial charge in [-0.25, -0.2) is 0 Å². The Labute approximate surface area is 205 Å². The van der Waals surface area contributed by atoms with Gasteiger partial charge in [-0.3, -0.25) is 24.5 Å².